The molecule has 1 unspecified atom stereocenters. The Bertz CT molecular complexity index is 690. The van der Waals surface area contributed by atoms with Crippen molar-refractivity contribution in [3.05, 3.63) is 59.0 Å². The van der Waals surface area contributed by atoms with E-state index in [1.165, 1.54) is 0 Å². The fourth-order valence-electron chi connectivity index (χ4n) is 2.09. The average molecular weight is 273 g/mol. The Morgan fingerprint density at radius 1 is 1.45 bits per heavy atom. The lowest BCUT2D eigenvalue weighted by Crippen LogP contribution is -2.30. The average Bonchev–Trinajstić information content (AvgIpc) is 2.46. The van der Waals surface area contributed by atoms with Gasteiger partial charge in [0.2, 0.25) is 5.91 Å². The van der Waals surface area contributed by atoms with E-state index in [2.05, 4.69) is 6.58 Å². The van der Waals surface area contributed by atoms with Crippen molar-refractivity contribution in [1.29, 1.82) is 0 Å². The zero-order chi connectivity index (χ0) is 14.5. The lowest BCUT2D eigenvalue weighted by Gasteiger charge is -2.12. The van der Waals surface area contributed by atoms with Crippen molar-refractivity contribution in [2.45, 2.75) is 12.8 Å². The molecule has 20 heavy (non-hydrogen) atoms. The van der Waals surface area contributed by atoms with Crippen molar-refractivity contribution in [1.82, 2.24) is 5.48 Å². The SMILES string of the molecule is C=CCC(Cc1cc2ccccc2oc1=O)C(=O)NO. The van der Waals surface area contributed by atoms with Crippen LogP contribution in [0.2, 0.25) is 0 Å². The van der Waals surface area contributed by atoms with Gasteiger partial charge in [-0.05, 0) is 25.0 Å². The quantitative estimate of drug-likeness (QED) is 0.378. The summed E-state index contributed by atoms with van der Waals surface area (Å²) in [7, 11) is 0. The van der Waals surface area contributed by atoms with E-state index in [0.29, 0.717) is 17.6 Å². The van der Waals surface area contributed by atoms with E-state index >= 15 is 0 Å². The predicted octanol–water partition coefficient (Wildman–Crippen LogP) is 2.03. The highest BCUT2D eigenvalue weighted by molar-refractivity contribution is 5.79. The number of fused-ring (bicyclic) bond motifs is 1. The third-order valence-electron chi connectivity index (χ3n) is 3.11. The van der Waals surface area contributed by atoms with E-state index in [4.69, 9.17) is 9.62 Å². The van der Waals surface area contributed by atoms with Crippen molar-refractivity contribution in [2.24, 2.45) is 5.92 Å². The van der Waals surface area contributed by atoms with Crippen LogP contribution < -0.4 is 11.1 Å². The second-order valence-corrected chi connectivity index (χ2v) is 4.50. The molecule has 0 radical (unpaired) electrons. The predicted molar refractivity (Wildman–Crippen MR) is 74.4 cm³/mol. The maximum absolute atomic E-state index is 11.9. The number of hydrogen-bond donors (Lipinski definition) is 2. The normalized spacial score (nSPS) is 12.1. The van der Waals surface area contributed by atoms with Gasteiger partial charge in [0.25, 0.3) is 0 Å². The number of carbonyl (C=O) groups is 1. The minimum atomic E-state index is -0.554. The second-order valence-electron chi connectivity index (χ2n) is 4.50. The van der Waals surface area contributed by atoms with Crippen LogP contribution in [0.1, 0.15) is 12.0 Å². The van der Waals surface area contributed by atoms with E-state index in [-0.39, 0.29) is 6.42 Å². The van der Waals surface area contributed by atoms with Crippen molar-refractivity contribution >= 4 is 16.9 Å². The van der Waals surface area contributed by atoms with Crippen LogP contribution in [0.25, 0.3) is 11.0 Å². The monoisotopic (exact) mass is 273 g/mol. The number of allylic oxidation sites excluding steroid dienone is 1. The second kappa shape index (κ2) is 6.16. The van der Waals surface area contributed by atoms with Gasteiger partial charge < -0.3 is 4.42 Å². The molecule has 0 aliphatic heterocycles. The number of amides is 1. The molecular weight excluding hydrogens is 258 g/mol. The summed E-state index contributed by atoms with van der Waals surface area (Å²) in [5, 5.41) is 9.51. The van der Waals surface area contributed by atoms with Gasteiger partial charge >= 0.3 is 5.63 Å². The smallest absolute Gasteiger partial charge is 0.339 e. The third kappa shape index (κ3) is 2.95. The van der Waals surface area contributed by atoms with Gasteiger partial charge in [0.05, 0.1) is 0 Å². The fourth-order valence-corrected chi connectivity index (χ4v) is 2.09. The highest BCUT2D eigenvalue weighted by Gasteiger charge is 2.19. The maximum atomic E-state index is 11.9. The first-order chi connectivity index (χ1) is 9.65. The zero-order valence-corrected chi connectivity index (χ0v) is 10.8. The Morgan fingerprint density at radius 2 is 2.20 bits per heavy atom. The van der Waals surface area contributed by atoms with Crippen LogP contribution in [0.3, 0.4) is 0 Å². The molecule has 104 valence electrons. The molecule has 0 spiro atoms. The number of hydroxylamine groups is 1. The molecule has 0 bridgehead atoms. The molecule has 0 aliphatic carbocycles. The van der Waals surface area contributed by atoms with Crippen LogP contribution in [-0.4, -0.2) is 11.1 Å². The van der Waals surface area contributed by atoms with Gasteiger partial charge in [-0.3, -0.25) is 10.0 Å². The number of benzene rings is 1. The van der Waals surface area contributed by atoms with Crippen LogP contribution in [0, 0.1) is 5.92 Å². The van der Waals surface area contributed by atoms with Gasteiger partial charge in [0.15, 0.2) is 0 Å². The van der Waals surface area contributed by atoms with Crippen molar-refractivity contribution in [3.63, 3.8) is 0 Å². The van der Waals surface area contributed by atoms with Crippen molar-refractivity contribution < 1.29 is 14.4 Å². The van der Waals surface area contributed by atoms with Gasteiger partial charge in [0.1, 0.15) is 5.58 Å². The summed E-state index contributed by atoms with van der Waals surface area (Å²) in [5.74, 6) is -1.10. The molecular formula is C15H15NO4. The van der Waals surface area contributed by atoms with Crippen LogP contribution in [0.15, 0.2) is 52.2 Å². The third-order valence-corrected chi connectivity index (χ3v) is 3.11. The topological polar surface area (TPSA) is 79.5 Å². The van der Waals surface area contributed by atoms with Gasteiger partial charge in [-0.2, -0.15) is 0 Å². The standard InChI is InChI=1S/C15H15NO4/c1-2-5-11(14(17)16-19)9-12-8-10-6-3-4-7-13(10)20-15(12)18/h2-4,6-8,11,19H,1,5,9H2,(H,16,17). The molecule has 1 aromatic carbocycles. The van der Waals surface area contributed by atoms with E-state index in [1.54, 1.807) is 29.8 Å². The Balaban J connectivity index is 2.36. The molecule has 0 saturated heterocycles. The maximum Gasteiger partial charge on any atom is 0.339 e. The lowest BCUT2D eigenvalue weighted by molar-refractivity contribution is -0.133. The lowest BCUT2D eigenvalue weighted by atomic mass is 9.96. The van der Waals surface area contributed by atoms with Crippen LogP contribution in [0.5, 0.6) is 0 Å². The summed E-state index contributed by atoms with van der Waals surface area (Å²) >= 11 is 0. The Hall–Kier alpha value is -2.40. The molecule has 5 heteroatoms. The first kappa shape index (κ1) is 14.0. The molecule has 0 aliphatic rings. The van der Waals surface area contributed by atoms with E-state index in [9.17, 15) is 9.59 Å². The van der Waals surface area contributed by atoms with Crippen LogP contribution >= 0.6 is 0 Å². The number of nitrogens with one attached hydrogen (secondary N) is 1. The van der Waals surface area contributed by atoms with Crippen LogP contribution in [-0.2, 0) is 11.2 Å². The molecule has 2 N–H and O–H groups in total. The van der Waals surface area contributed by atoms with E-state index in [1.807, 2.05) is 12.1 Å². The largest absolute Gasteiger partial charge is 0.423 e. The first-order valence-electron chi connectivity index (χ1n) is 6.22. The summed E-state index contributed by atoms with van der Waals surface area (Å²) in [4.78, 5) is 23.4. The fraction of sp³-hybridized carbons (Fsp3) is 0.200. The Labute approximate surface area is 115 Å². The Morgan fingerprint density at radius 3 is 2.90 bits per heavy atom. The van der Waals surface area contributed by atoms with Gasteiger partial charge in [-0.1, -0.05) is 24.3 Å². The van der Waals surface area contributed by atoms with Crippen molar-refractivity contribution in [2.75, 3.05) is 0 Å². The molecule has 0 fully saturated rings. The van der Waals surface area contributed by atoms with Gasteiger partial charge in [-0.15, -0.1) is 6.58 Å². The molecule has 2 rings (SSSR count). The number of para-hydroxylation sites is 1. The van der Waals surface area contributed by atoms with Gasteiger partial charge in [-0.25, -0.2) is 10.3 Å². The summed E-state index contributed by atoms with van der Waals surface area (Å²) in [5.41, 5.74) is 2.05. The summed E-state index contributed by atoms with van der Waals surface area (Å²) in [6.07, 6.45) is 2.12. The summed E-state index contributed by atoms with van der Waals surface area (Å²) in [6, 6.07) is 8.87. The zero-order valence-electron chi connectivity index (χ0n) is 10.8. The number of rotatable bonds is 5. The molecule has 5 nitrogen and oxygen atoms in total. The minimum Gasteiger partial charge on any atom is -0.423 e. The number of hydrogen-bond acceptors (Lipinski definition) is 4. The number of carbonyl (C=O) groups excluding carboxylic acids is 1. The molecule has 1 atom stereocenters. The molecule has 2 aromatic rings. The highest BCUT2D eigenvalue weighted by Crippen LogP contribution is 2.16. The van der Waals surface area contributed by atoms with Gasteiger partial charge in [0, 0.05) is 16.9 Å². The minimum absolute atomic E-state index is 0.186. The first-order valence-corrected chi connectivity index (χ1v) is 6.22. The van der Waals surface area contributed by atoms with E-state index < -0.39 is 17.5 Å². The summed E-state index contributed by atoms with van der Waals surface area (Å²) in [6.45, 7) is 3.57. The van der Waals surface area contributed by atoms with E-state index in [0.717, 1.165) is 5.39 Å². The molecule has 1 aromatic heterocycles. The molecule has 1 heterocycles. The highest BCUT2D eigenvalue weighted by atomic mass is 16.5. The molecule has 0 saturated carbocycles. The Kier molecular flexibility index (Phi) is 4.32. The van der Waals surface area contributed by atoms with Crippen LogP contribution in [0.4, 0.5) is 0 Å². The molecule has 1 amide bonds. The van der Waals surface area contributed by atoms with Crippen molar-refractivity contribution in [3.8, 4) is 0 Å². The summed E-state index contributed by atoms with van der Waals surface area (Å²) < 4.78 is 5.21.